The lowest BCUT2D eigenvalue weighted by molar-refractivity contribution is 0.0241. The van der Waals surface area contributed by atoms with E-state index < -0.39 is 5.60 Å². The van der Waals surface area contributed by atoms with Crippen molar-refractivity contribution in [3.63, 3.8) is 0 Å². The highest BCUT2D eigenvalue weighted by atomic mass is 16.6. The molecule has 2 heterocycles. The third kappa shape index (κ3) is 6.18. The summed E-state index contributed by atoms with van der Waals surface area (Å²) >= 11 is 0. The van der Waals surface area contributed by atoms with Crippen LogP contribution >= 0.6 is 0 Å². The van der Waals surface area contributed by atoms with Crippen molar-refractivity contribution in [2.75, 3.05) is 26.7 Å². The molecule has 128 valence electrons. The fourth-order valence-corrected chi connectivity index (χ4v) is 2.99. The Balaban J connectivity index is 1.82. The summed E-state index contributed by atoms with van der Waals surface area (Å²) in [5.74, 6) is 0.503. The molecule has 1 aromatic heterocycles. The Morgan fingerprint density at radius 1 is 1.39 bits per heavy atom. The summed E-state index contributed by atoms with van der Waals surface area (Å²) in [6.07, 6.45) is 5.79. The first kappa shape index (κ1) is 17.7. The van der Waals surface area contributed by atoms with Gasteiger partial charge in [0.1, 0.15) is 5.60 Å². The van der Waals surface area contributed by atoms with Crippen molar-refractivity contribution in [1.82, 2.24) is 14.8 Å². The van der Waals surface area contributed by atoms with Crippen molar-refractivity contribution in [3.8, 4) is 0 Å². The van der Waals surface area contributed by atoms with E-state index >= 15 is 0 Å². The van der Waals surface area contributed by atoms with Crippen LogP contribution in [0.5, 0.6) is 0 Å². The zero-order chi connectivity index (χ0) is 16.9. The number of carbonyl (C=O) groups is 1. The minimum absolute atomic E-state index is 0.233. The minimum Gasteiger partial charge on any atom is -0.444 e. The maximum atomic E-state index is 12.1. The summed E-state index contributed by atoms with van der Waals surface area (Å²) < 4.78 is 5.43. The number of ether oxygens (including phenoxy) is 1. The zero-order valence-electron chi connectivity index (χ0n) is 14.8. The third-order valence-corrected chi connectivity index (χ3v) is 4.00. The van der Waals surface area contributed by atoms with Crippen molar-refractivity contribution in [2.24, 2.45) is 5.92 Å². The molecule has 0 aliphatic carbocycles. The van der Waals surface area contributed by atoms with Gasteiger partial charge < -0.3 is 9.64 Å². The molecule has 1 amide bonds. The van der Waals surface area contributed by atoms with Crippen LogP contribution in [-0.4, -0.2) is 53.2 Å². The van der Waals surface area contributed by atoms with Gasteiger partial charge in [-0.2, -0.15) is 0 Å². The largest absolute Gasteiger partial charge is 0.444 e. The van der Waals surface area contributed by atoms with Crippen LogP contribution in [0.15, 0.2) is 24.5 Å². The molecule has 0 bridgehead atoms. The quantitative estimate of drug-likeness (QED) is 0.855. The number of nitrogens with zero attached hydrogens (tertiary/aromatic N) is 3. The van der Waals surface area contributed by atoms with Gasteiger partial charge in [0.2, 0.25) is 0 Å². The summed E-state index contributed by atoms with van der Waals surface area (Å²) in [4.78, 5) is 20.3. The molecule has 1 fully saturated rings. The van der Waals surface area contributed by atoms with Gasteiger partial charge in [-0.05, 0) is 63.8 Å². The number of rotatable bonds is 4. The summed E-state index contributed by atoms with van der Waals surface area (Å²) in [6.45, 7) is 9.54. The standard InChI is InChI=1S/C18H29N3O2/c1-18(2,3)23-17(22)20(4)12-16-6-5-11-21(14-16)13-15-7-9-19-10-8-15/h7-10,16H,5-6,11-14H2,1-4H3/t16-/m0/s1. The van der Waals surface area contributed by atoms with Crippen LogP contribution < -0.4 is 0 Å². The second-order valence-electron chi connectivity index (χ2n) is 7.46. The Labute approximate surface area is 139 Å². The van der Waals surface area contributed by atoms with Gasteiger partial charge in [-0.15, -0.1) is 0 Å². The molecule has 1 aliphatic heterocycles. The molecule has 1 saturated heterocycles. The van der Waals surface area contributed by atoms with Gasteiger partial charge >= 0.3 is 6.09 Å². The van der Waals surface area contributed by atoms with Crippen molar-refractivity contribution in [2.45, 2.75) is 45.8 Å². The highest BCUT2D eigenvalue weighted by molar-refractivity contribution is 5.67. The zero-order valence-corrected chi connectivity index (χ0v) is 14.8. The Bertz CT molecular complexity index is 499. The van der Waals surface area contributed by atoms with E-state index in [0.717, 1.165) is 26.2 Å². The van der Waals surface area contributed by atoms with E-state index in [1.165, 1.54) is 18.4 Å². The lowest BCUT2D eigenvalue weighted by atomic mass is 9.97. The first-order valence-electron chi connectivity index (χ1n) is 8.39. The fourth-order valence-electron chi connectivity index (χ4n) is 2.99. The molecule has 0 saturated carbocycles. The monoisotopic (exact) mass is 319 g/mol. The Kier molecular flexibility index (Phi) is 5.99. The van der Waals surface area contributed by atoms with Gasteiger partial charge in [-0.25, -0.2) is 4.79 Å². The first-order chi connectivity index (χ1) is 10.8. The topological polar surface area (TPSA) is 45.7 Å². The fraction of sp³-hybridized carbons (Fsp3) is 0.667. The summed E-state index contributed by atoms with van der Waals surface area (Å²) in [6, 6.07) is 4.13. The molecule has 23 heavy (non-hydrogen) atoms. The van der Waals surface area contributed by atoms with Crippen molar-refractivity contribution in [1.29, 1.82) is 0 Å². The lowest BCUT2D eigenvalue weighted by Gasteiger charge is -2.35. The van der Waals surface area contributed by atoms with Gasteiger partial charge in [0, 0.05) is 39.1 Å². The highest BCUT2D eigenvalue weighted by Gasteiger charge is 2.25. The summed E-state index contributed by atoms with van der Waals surface area (Å²) in [7, 11) is 1.83. The minimum atomic E-state index is -0.439. The van der Waals surface area contributed by atoms with E-state index in [-0.39, 0.29) is 6.09 Å². The number of amides is 1. The van der Waals surface area contributed by atoms with E-state index in [1.54, 1.807) is 4.90 Å². The number of likely N-dealkylation sites (tertiary alicyclic amines) is 1. The van der Waals surface area contributed by atoms with E-state index in [1.807, 2.05) is 40.2 Å². The van der Waals surface area contributed by atoms with Crippen LogP contribution in [0.4, 0.5) is 4.79 Å². The number of pyridine rings is 1. The number of carbonyl (C=O) groups excluding carboxylic acids is 1. The molecule has 0 radical (unpaired) electrons. The van der Waals surface area contributed by atoms with Crippen LogP contribution in [0.3, 0.4) is 0 Å². The molecule has 1 aliphatic rings. The average Bonchev–Trinajstić information content (AvgIpc) is 2.47. The SMILES string of the molecule is CN(C[C@@H]1CCCN(Cc2ccncc2)C1)C(=O)OC(C)(C)C. The van der Waals surface area contributed by atoms with Crippen LogP contribution in [0.1, 0.15) is 39.2 Å². The second-order valence-corrected chi connectivity index (χ2v) is 7.46. The van der Waals surface area contributed by atoms with Crippen molar-refractivity contribution in [3.05, 3.63) is 30.1 Å². The normalized spacial score (nSPS) is 19.4. The van der Waals surface area contributed by atoms with E-state index in [4.69, 9.17) is 4.74 Å². The van der Waals surface area contributed by atoms with Gasteiger partial charge in [0.05, 0.1) is 0 Å². The molecule has 0 spiro atoms. The lowest BCUT2D eigenvalue weighted by Crippen LogP contribution is -2.42. The van der Waals surface area contributed by atoms with Gasteiger partial charge in [0.25, 0.3) is 0 Å². The molecule has 5 nitrogen and oxygen atoms in total. The van der Waals surface area contributed by atoms with Crippen molar-refractivity contribution < 1.29 is 9.53 Å². The van der Waals surface area contributed by atoms with Crippen molar-refractivity contribution >= 4 is 6.09 Å². The number of hydrogen-bond donors (Lipinski definition) is 0. The molecule has 0 aromatic carbocycles. The van der Waals surface area contributed by atoms with Crippen LogP contribution in [0, 0.1) is 5.92 Å². The average molecular weight is 319 g/mol. The predicted molar refractivity (Wildman–Crippen MR) is 91.1 cm³/mol. The highest BCUT2D eigenvalue weighted by Crippen LogP contribution is 2.20. The smallest absolute Gasteiger partial charge is 0.410 e. The molecule has 2 rings (SSSR count). The molecule has 0 unspecified atom stereocenters. The van der Waals surface area contributed by atoms with Gasteiger partial charge in [-0.1, -0.05) is 0 Å². The molecule has 5 heteroatoms. The molecular formula is C18H29N3O2. The Hall–Kier alpha value is -1.62. The van der Waals surface area contributed by atoms with E-state index in [9.17, 15) is 4.79 Å². The predicted octanol–water partition coefficient (Wildman–Crippen LogP) is 3.16. The third-order valence-electron chi connectivity index (χ3n) is 4.00. The summed E-state index contributed by atoms with van der Waals surface area (Å²) in [5.41, 5.74) is 0.854. The molecule has 0 N–H and O–H groups in total. The van der Waals surface area contributed by atoms with Crippen LogP contribution in [0.2, 0.25) is 0 Å². The number of aromatic nitrogens is 1. The Morgan fingerprint density at radius 2 is 2.09 bits per heavy atom. The second kappa shape index (κ2) is 7.77. The number of piperidine rings is 1. The number of hydrogen-bond acceptors (Lipinski definition) is 4. The van der Waals surface area contributed by atoms with Gasteiger partial charge in [-0.3, -0.25) is 9.88 Å². The summed E-state index contributed by atoms with van der Waals surface area (Å²) in [5, 5.41) is 0. The van der Waals surface area contributed by atoms with Crippen LogP contribution in [0.25, 0.3) is 0 Å². The molecule has 1 atom stereocenters. The first-order valence-corrected chi connectivity index (χ1v) is 8.39. The van der Waals surface area contributed by atoms with E-state index in [2.05, 4.69) is 22.0 Å². The molecular weight excluding hydrogens is 290 g/mol. The van der Waals surface area contributed by atoms with E-state index in [0.29, 0.717) is 5.92 Å². The molecule has 1 aromatic rings. The Morgan fingerprint density at radius 3 is 2.74 bits per heavy atom. The maximum absolute atomic E-state index is 12.1. The maximum Gasteiger partial charge on any atom is 0.410 e. The van der Waals surface area contributed by atoms with Crippen LogP contribution in [-0.2, 0) is 11.3 Å². The van der Waals surface area contributed by atoms with Gasteiger partial charge in [0.15, 0.2) is 0 Å².